The molecule has 1 heterocycles. The lowest BCUT2D eigenvalue weighted by molar-refractivity contribution is -0.137. The average molecular weight is 280 g/mol. The molecular weight excluding hydrogens is 260 g/mol. The van der Waals surface area contributed by atoms with E-state index in [1.165, 1.54) is 18.4 Å². The number of rotatable bonds is 6. The van der Waals surface area contributed by atoms with Gasteiger partial charge in [0.15, 0.2) is 0 Å². The maximum atomic E-state index is 12.2. The van der Waals surface area contributed by atoms with Crippen LogP contribution >= 0.6 is 0 Å². The van der Waals surface area contributed by atoms with Crippen molar-refractivity contribution in [2.45, 2.75) is 31.9 Å². The summed E-state index contributed by atoms with van der Waals surface area (Å²) in [5.41, 5.74) is 0. The van der Waals surface area contributed by atoms with Crippen molar-refractivity contribution in [3.63, 3.8) is 0 Å². The number of carboxylic acid groups (broad SMARTS) is 1. The van der Waals surface area contributed by atoms with E-state index in [1.54, 1.807) is 0 Å². The van der Waals surface area contributed by atoms with Crippen LogP contribution in [-0.4, -0.2) is 67.5 Å². The van der Waals surface area contributed by atoms with Gasteiger partial charge >= 0.3 is 5.97 Å². The van der Waals surface area contributed by atoms with E-state index in [-0.39, 0.29) is 25.1 Å². The largest absolute Gasteiger partial charge is 0.481 e. The number of aliphatic carboxylic acids is 1. The summed E-state index contributed by atoms with van der Waals surface area (Å²) in [5, 5.41) is 8.57. The molecule has 0 aromatic heterocycles. The zero-order valence-electron chi connectivity index (χ0n) is 10.9. The average Bonchev–Trinajstić information content (AvgIpc) is 2.70. The second kappa shape index (κ2) is 5.96. The molecular formula is C10H20N2O5S. The lowest BCUT2D eigenvalue weighted by atomic mass is 10.2. The van der Waals surface area contributed by atoms with Crippen LogP contribution in [0.25, 0.3) is 0 Å². The number of carboxylic acids is 1. The molecule has 1 aliphatic heterocycles. The normalized spacial score (nSPS) is 24.9. The Labute approximate surface area is 108 Å². The molecule has 0 amide bonds. The van der Waals surface area contributed by atoms with Gasteiger partial charge in [-0.1, -0.05) is 0 Å². The predicted molar refractivity (Wildman–Crippen MR) is 65.4 cm³/mol. The Morgan fingerprint density at radius 2 is 2.06 bits per heavy atom. The lowest BCUT2D eigenvalue weighted by Crippen LogP contribution is -2.47. The van der Waals surface area contributed by atoms with Gasteiger partial charge in [-0.25, -0.2) is 0 Å². The smallest absolute Gasteiger partial charge is 0.304 e. The first-order chi connectivity index (χ1) is 8.26. The Hall–Kier alpha value is -0.700. The summed E-state index contributed by atoms with van der Waals surface area (Å²) in [6, 6.07) is -0.192. The molecule has 0 radical (unpaired) electrons. The molecule has 0 aliphatic carbocycles. The van der Waals surface area contributed by atoms with Crippen molar-refractivity contribution < 1.29 is 23.1 Å². The highest BCUT2D eigenvalue weighted by atomic mass is 32.2. The second-order valence-electron chi connectivity index (χ2n) is 4.42. The van der Waals surface area contributed by atoms with Crippen LogP contribution in [0.15, 0.2) is 0 Å². The highest BCUT2D eigenvalue weighted by Gasteiger charge is 2.36. The molecule has 2 unspecified atom stereocenters. The summed E-state index contributed by atoms with van der Waals surface area (Å²) in [6.07, 6.45) is 0.307. The van der Waals surface area contributed by atoms with E-state index in [1.807, 2.05) is 6.92 Å². The molecule has 0 aromatic rings. The maximum absolute atomic E-state index is 12.2. The lowest BCUT2D eigenvalue weighted by Gasteiger charge is -2.29. The molecule has 1 saturated heterocycles. The molecule has 0 aromatic carbocycles. The van der Waals surface area contributed by atoms with Crippen LogP contribution in [0.4, 0.5) is 0 Å². The topological polar surface area (TPSA) is 87.2 Å². The first-order valence-electron chi connectivity index (χ1n) is 5.79. The summed E-state index contributed by atoms with van der Waals surface area (Å²) >= 11 is 0. The van der Waals surface area contributed by atoms with Crippen molar-refractivity contribution in [1.82, 2.24) is 8.61 Å². The van der Waals surface area contributed by atoms with E-state index >= 15 is 0 Å². The standard InChI is InChI=1S/C10H20N2O5S/c1-8-9(5-7-17-8)12(3)18(15,16)11(2)6-4-10(13)14/h8-9H,4-7H2,1-3H3,(H,13,14). The van der Waals surface area contributed by atoms with Crippen molar-refractivity contribution >= 4 is 16.2 Å². The van der Waals surface area contributed by atoms with E-state index in [0.717, 1.165) is 4.31 Å². The van der Waals surface area contributed by atoms with Gasteiger partial charge in [-0.2, -0.15) is 17.0 Å². The fraction of sp³-hybridized carbons (Fsp3) is 0.900. The molecule has 2 atom stereocenters. The van der Waals surface area contributed by atoms with Crippen molar-refractivity contribution in [3.8, 4) is 0 Å². The predicted octanol–water partition coefficient (Wildman–Crippen LogP) is -0.253. The zero-order valence-corrected chi connectivity index (χ0v) is 11.7. The molecule has 1 N–H and O–H groups in total. The Morgan fingerprint density at radius 3 is 2.50 bits per heavy atom. The van der Waals surface area contributed by atoms with Gasteiger partial charge in [-0.3, -0.25) is 4.79 Å². The van der Waals surface area contributed by atoms with Crippen LogP contribution in [0.2, 0.25) is 0 Å². The molecule has 1 aliphatic rings. The Kier molecular flexibility index (Phi) is 5.09. The Balaban J connectivity index is 2.69. The third kappa shape index (κ3) is 3.41. The number of nitrogens with zero attached hydrogens (tertiary/aromatic N) is 2. The molecule has 8 heteroatoms. The van der Waals surface area contributed by atoms with E-state index in [2.05, 4.69) is 0 Å². The van der Waals surface area contributed by atoms with Crippen LogP contribution in [0.1, 0.15) is 19.8 Å². The Morgan fingerprint density at radius 1 is 1.44 bits per heavy atom. The van der Waals surface area contributed by atoms with Gasteiger partial charge in [-0.05, 0) is 13.3 Å². The van der Waals surface area contributed by atoms with Gasteiger partial charge in [0.05, 0.1) is 18.6 Å². The van der Waals surface area contributed by atoms with Gasteiger partial charge in [0.2, 0.25) is 0 Å². The van der Waals surface area contributed by atoms with Gasteiger partial charge in [0, 0.05) is 27.2 Å². The van der Waals surface area contributed by atoms with Gasteiger partial charge < -0.3 is 9.84 Å². The second-order valence-corrected chi connectivity index (χ2v) is 6.52. The number of ether oxygens (including phenoxy) is 1. The molecule has 0 saturated carbocycles. The first-order valence-corrected chi connectivity index (χ1v) is 7.19. The first kappa shape index (κ1) is 15.4. The third-order valence-electron chi connectivity index (χ3n) is 3.20. The number of carbonyl (C=O) groups is 1. The van der Waals surface area contributed by atoms with Crippen LogP contribution in [0.3, 0.4) is 0 Å². The zero-order chi connectivity index (χ0) is 13.9. The molecule has 0 spiro atoms. The van der Waals surface area contributed by atoms with E-state index < -0.39 is 16.2 Å². The van der Waals surface area contributed by atoms with Crippen LogP contribution in [0.5, 0.6) is 0 Å². The van der Waals surface area contributed by atoms with Crippen molar-refractivity contribution in [2.24, 2.45) is 0 Å². The maximum Gasteiger partial charge on any atom is 0.304 e. The summed E-state index contributed by atoms with van der Waals surface area (Å²) in [5.74, 6) is -1.02. The minimum Gasteiger partial charge on any atom is -0.481 e. The summed E-state index contributed by atoms with van der Waals surface area (Å²) < 4.78 is 32.0. The monoisotopic (exact) mass is 280 g/mol. The van der Waals surface area contributed by atoms with Gasteiger partial charge in [0.25, 0.3) is 10.2 Å². The van der Waals surface area contributed by atoms with Crippen LogP contribution in [0, 0.1) is 0 Å². The van der Waals surface area contributed by atoms with Gasteiger partial charge in [0.1, 0.15) is 0 Å². The SMILES string of the molecule is CC1OCCC1N(C)S(=O)(=O)N(C)CCC(=O)O. The van der Waals surface area contributed by atoms with Crippen molar-refractivity contribution in [3.05, 3.63) is 0 Å². The van der Waals surface area contributed by atoms with Gasteiger partial charge in [-0.15, -0.1) is 0 Å². The molecule has 7 nitrogen and oxygen atoms in total. The molecule has 106 valence electrons. The van der Waals surface area contributed by atoms with Crippen molar-refractivity contribution in [2.75, 3.05) is 27.2 Å². The van der Waals surface area contributed by atoms with Crippen LogP contribution < -0.4 is 0 Å². The fourth-order valence-electron chi connectivity index (χ4n) is 1.96. The number of hydrogen-bond donors (Lipinski definition) is 1. The minimum atomic E-state index is -3.63. The third-order valence-corrected chi connectivity index (χ3v) is 5.17. The van der Waals surface area contributed by atoms with E-state index in [4.69, 9.17) is 9.84 Å². The molecule has 1 rings (SSSR count). The molecule has 0 bridgehead atoms. The highest BCUT2D eigenvalue weighted by Crippen LogP contribution is 2.21. The Bertz CT molecular complexity index is 397. The highest BCUT2D eigenvalue weighted by molar-refractivity contribution is 7.86. The van der Waals surface area contributed by atoms with Crippen molar-refractivity contribution in [1.29, 1.82) is 0 Å². The van der Waals surface area contributed by atoms with E-state index in [0.29, 0.717) is 13.0 Å². The molecule has 18 heavy (non-hydrogen) atoms. The number of hydrogen-bond acceptors (Lipinski definition) is 4. The quantitative estimate of drug-likeness (QED) is 0.725. The number of likely N-dealkylation sites (N-methyl/N-ethyl adjacent to an activating group) is 1. The van der Waals surface area contributed by atoms with Crippen LogP contribution in [-0.2, 0) is 19.7 Å². The fourth-order valence-corrected chi connectivity index (χ4v) is 3.34. The summed E-state index contributed by atoms with van der Waals surface area (Å²) in [7, 11) is -0.741. The molecule has 1 fully saturated rings. The summed E-state index contributed by atoms with van der Waals surface area (Å²) in [6.45, 7) is 2.34. The minimum absolute atomic E-state index is 0.0377. The summed E-state index contributed by atoms with van der Waals surface area (Å²) in [4.78, 5) is 10.5. The van der Waals surface area contributed by atoms with E-state index in [9.17, 15) is 13.2 Å².